The highest BCUT2D eigenvalue weighted by Gasteiger charge is 2.26. The van der Waals surface area contributed by atoms with E-state index in [2.05, 4.69) is 37.2 Å². The third kappa shape index (κ3) is 5.47. The zero-order valence-electron chi connectivity index (χ0n) is 18.9. The topological polar surface area (TPSA) is 72.7 Å². The summed E-state index contributed by atoms with van der Waals surface area (Å²) in [6.45, 7) is 0.579. The van der Waals surface area contributed by atoms with Crippen LogP contribution in [-0.4, -0.2) is 25.7 Å². The first kappa shape index (κ1) is 22.6. The van der Waals surface area contributed by atoms with Crippen molar-refractivity contribution in [3.05, 3.63) is 127 Å². The number of pyridine rings is 1. The Hall–Kier alpha value is -4.23. The van der Waals surface area contributed by atoms with Gasteiger partial charge in [-0.05, 0) is 35.4 Å². The minimum atomic E-state index is -0.514. The van der Waals surface area contributed by atoms with E-state index in [-0.39, 0.29) is 5.91 Å². The quantitative estimate of drug-likeness (QED) is 0.283. The summed E-state index contributed by atoms with van der Waals surface area (Å²) in [7, 11) is 0. The van der Waals surface area contributed by atoms with Crippen LogP contribution in [0.4, 0.5) is 5.69 Å². The van der Waals surface area contributed by atoms with Crippen molar-refractivity contribution in [1.82, 2.24) is 19.7 Å². The van der Waals surface area contributed by atoms with Crippen LogP contribution in [0.2, 0.25) is 0 Å². The highest BCUT2D eigenvalue weighted by molar-refractivity contribution is 8.00. The van der Waals surface area contributed by atoms with Gasteiger partial charge in [-0.1, -0.05) is 90.6 Å². The van der Waals surface area contributed by atoms with E-state index in [1.54, 1.807) is 12.4 Å². The van der Waals surface area contributed by atoms with Gasteiger partial charge in [0.15, 0.2) is 11.0 Å². The SMILES string of the molecule is O=C(Nc1ccccc1)C(Sc1nnc(-c2ccncc2)n1Cc1ccccc1)c1ccccc1. The Morgan fingerprint density at radius 2 is 1.43 bits per heavy atom. The number of carbonyl (C=O) groups excluding carboxylic acids is 1. The maximum atomic E-state index is 13.5. The molecule has 0 bridgehead atoms. The monoisotopic (exact) mass is 477 g/mol. The third-order valence-electron chi connectivity index (χ3n) is 5.44. The summed E-state index contributed by atoms with van der Waals surface area (Å²) in [5.41, 5.74) is 3.68. The van der Waals surface area contributed by atoms with Crippen molar-refractivity contribution >= 4 is 23.4 Å². The molecule has 0 aliphatic carbocycles. The van der Waals surface area contributed by atoms with Gasteiger partial charge in [0.1, 0.15) is 5.25 Å². The number of nitrogens with one attached hydrogen (secondary N) is 1. The molecule has 3 aromatic carbocycles. The highest BCUT2D eigenvalue weighted by Crippen LogP contribution is 2.37. The van der Waals surface area contributed by atoms with Gasteiger partial charge in [0.2, 0.25) is 5.91 Å². The van der Waals surface area contributed by atoms with Crippen LogP contribution in [0.1, 0.15) is 16.4 Å². The van der Waals surface area contributed by atoms with Crippen molar-refractivity contribution in [3.8, 4) is 11.4 Å². The molecule has 7 heteroatoms. The molecule has 0 saturated heterocycles. The Labute approximate surface area is 208 Å². The Balaban J connectivity index is 1.52. The van der Waals surface area contributed by atoms with E-state index in [1.165, 1.54) is 11.8 Å². The van der Waals surface area contributed by atoms with E-state index >= 15 is 0 Å². The lowest BCUT2D eigenvalue weighted by atomic mass is 10.1. The predicted octanol–water partition coefficient (Wildman–Crippen LogP) is 5.86. The molecule has 2 heterocycles. The minimum absolute atomic E-state index is 0.118. The van der Waals surface area contributed by atoms with Gasteiger partial charge in [-0.25, -0.2) is 0 Å². The number of hydrogen-bond donors (Lipinski definition) is 1. The van der Waals surface area contributed by atoms with Gasteiger partial charge < -0.3 is 5.32 Å². The number of thioether (sulfide) groups is 1. The molecule has 1 N–H and O–H groups in total. The van der Waals surface area contributed by atoms with E-state index < -0.39 is 5.25 Å². The first-order valence-corrected chi connectivity index (χ1v) is 12.1. The molecular weight excluding hydrogens is 454 g/mol. The van der Waals surface area contributed by atoms with Crippen LogP contribution in [0, 0.1) is 0 Å². The average molecular weight is 478 g/mol. The van der Waals surface area contributed by atoms with Gasteiger partial charge in [0, 0.05) is 23.6 Å². The van der Waals surface area contributed by atoms with E-state index in [1.807, 2.05) is 91.0 Å². The maximum absolute atomic E-state index is 13.5. The highest BCUT2D eigenvalue weighted by atomic mass is 32.2. The summed E-state index contributed by atoms with van der Waals surface area (Å²) >= 11 is 1.39. The van der Waals surface area contributed by atoms with Gasteiger partial charge >= 0.3 is 0 Å². The lowest BCUT2D eigenvalue weighted by Gasteiger charge is -2.18. The smallest absolute Gasteiger partial charge is 0.242 e. The number of anilines is 1. The van der Waals surface area contributed by atoms with Crippen LogP contribution in [0.25, 0.3) is 11.4 Å². The lowest BCUT2D eigenvalue weighted by molar-refractivity contribution is -0.115. The maximum Gasteiger partial charge on any atom is 0.242 e. The molecule has 0 aliphatic rings. The first-order chi connectivity index (χ1) is 17.3. The second-order valence-corrected chi connectivity index (χ2v) is 8.95. The van der Waals surface area contributed by atoms with Crippen LogP contribution < -0.4 is 5.32 Å². The fourth-order valence-corrected chi connectivity index (χ4v) is 4.77. The fraction of sp³-hybridized carbons (Fsp3) is 0.0714. The number of hydrogen-bond acceptors (Lipinski definition) is 5. The first-order valence-electron chi connectivity index (χ1n) is 11.2. The number of amides is 1. The second kappa shape index (κ2) is 10.8. The summed E-state index contributed by atoms with van der Waals surface area (Å²) in [4.78, 5) is 17.6. The van der Waals surface area contributed by atoms with Crippen molar-refractivity contribution in [2.45, 2.75) is 17.0 Å². The molecule has 1 amide bonds. The molecule has 5 aromatic rings. The van der Waals surface area contributed by atoms with Crippen molar-refractivity contribution in [1.29, 1.82) is 0 Å². The Morgan fingerprint density at radius 1 is 0.800 bits per heavy atom. The average Bonchev–Trinajstić information content (AvgIpc) is 3.31. The molecule has 2 aromatic heterocycles. The zero-order chi connectivity index (χ0) is 23.9. The second-order valence-electron chi connectivity index (χ2n) is 7.88. The molecule has 0 radical (unpaired) electrons. The standard InChI is InChI=1S/C28H23N5OS/c34-27(30-24-14-8-3-9-15-24)25(22-12-6-2-7-13-22)35-28-32-31-26(23-16-18-29-19-17-23)33(28)20-21-10-4-1-5-11-21/h1-19,25H,20H2,(H,30,34). The number of aromatic nitrogens is 4. The van der Waals surface area contributed by atoms with Crippen LogP contribution in [0.15, 0.2) is 121 Å². The van der Waals surface area contributed by atoms with Gasteiger partial charge in [-0.15, -0.1) is 10.2 Å². The van der Waals surface area contributed by atoms with Gasteiger partial charge in [0.05, 0.1) is 6.54 Å². The van der Waals surface area contributed by atoms with E-state index in [0.29, 0.717) is 11.7 Å². The number of carbonyl (C=O) groups is 1. The Morgan fingerprint density at radius 3 is 2.11 bits per heavy atom. The van der Waals surface area contributed by atoms with Crippen molar-refractivity contribution < 1.29 is 4.79 Å². The molecular formula is C28H23N5OS. The molecule has 1 unspecified atom stereocenters. The number of nitrogens with zero attached hydrogens (tertiary/aromatic N) is 4. The molecule has 0 spiro atoms. The Kier molecular flexibility index (Phi) is 6.96. The van der Waals surface area contributed by atoms with E-state index in [0.717, 1.165) is 28.2 Å². The van der Waals surface area contributed by atoms with Gasteiger partial charge in [-0.2, -0.15) is 0 Å². The van der Waals surface area contributed by atoms with Crippen LogP contribution in [-0.2, 0) is 11.3 Å². The number of para-hydroxylation sites is 1. The molecule has 0 aliphatic heterocycles. The molecule has 6 nitrogen and oxygen atoms in total. The molecule has 172 valence electrons. The fourth-order valence-electron chi connectivity index (χ4n) is 3.73. The van der Waals surface area contributed by atoms with Crippen LogP contribution in [0.5, 0.6) is 0 Å². The van der Waals surface area contributed by atoms with E-state index in [4.69, 9.17) is 0 Å². The number of rotatable bonds is 8. The third-order valence-corrected chi connectivity index (χ3v) is 6.68. The summed E-state index contributed by atoms with van der Waals surface area (Å²) in [5.74, 6) is 0.612. The minimum Gasteiger partial charge on any atom is -0.325 e. The predicted molar refractivity (Wildman–Crippen MR) is 139 cm³/mol. The lowest BCUT2D eigenvalue weighted by Crippen LogP contribution is -2.19. The van der Waals surface area contributed by atoms with Crippen molar-refractivity contribution in [3.63, 3.8) is 0 Å². The summed E-state index contributed by atoms with van der Waals surface area (Å²) in [6.07, 6.45) is 3.48. The Bertz CT molecular complexity index is 1380. The zero-order valence-corrected chi connectivity index (χ0v) is 19.7. The summed E-state index contributed by atoms with van der Waals surface area (Å²) in [6, 6.07) is 33.2. The largest absolute Gasteiger partial charge is 0.325 e. The number of benzene rings is 3. The van der Waals surface area contributed by atoms with E-state index in [9.17, 15) is 4.79 Å². The normalized spacial score (nSPS) is 11.7. The summed E-state index contributed by atoms with van der Waals surface area (Å²) in [5, 5.41) is 12.2. The van der Waals surface area contributed by atoms with Crippen LogP contribution >= 0.6 is 11.8 Å². The van der Waals surface area contributed by atoms with Crippen LogP contribution in [0.3, 0.4) is 0 Å². The van der Waals surface area contributed by atoms with Gasteiger partial charge in [0.25, 0.3) is 0 Å². The molecule has 0 fully saturated rings. The van der Waals surface area contributed by atoms with Gasteiger partial charge in [-0.3, -0.25) is 14.3 Å². The van der Waals surface area contributed by atoms with Crippen molar-refractivity contribution in [2.24, 2.45) is 0 Å². The molecule has 5 rings (SSSR count). The molecule has 0 saturated carbocycles. The molecule has 1 atom stereocenters. The van der Waals surface area contributed by atoms with Crippen molar-refractivity contribution in [2.75, 3.05) is 5.32 Å². The molecule has 35 heavy (non-hydrogen) atoms. The summed E-state index contributed by atoms with van der Waals surface area (Å²) < 4.78 is 2.06.